The molecule has 0 aliphatic heterocycles. The van der Waals surface area contributed by atoms with Gasteiger partial charge in [-0.15, -0.1) is 0 Å². The minimum Gasteiger partial charge on any atom is -0.497 e. The topological polar surface area (TPSA) is 120 Å². The van der Waals surface area contributed by atoms with Crippen molar-refractivity contribution >= 4 is 21.7 Å². The molecule has 0 bridgehead atoms. The number of benzene rings is 2. The van der Waals surface area contributed by atoms with Crippen LogP contribution in [0.2, 0.25) is 0 Å². The molecule has 0 atom stereocenters. The summed E-state index contributed by atoms with van der Waals surface area (Å²) in [7, 11) is 0.271. The van der Waals surface area contributed by atoms with E-state index in [1.54, 1.807) is 0 Å². The molecular weight excluding hydrogens is 390 g/mol. The number of carbonyl (C=O) groups is 1. The molecule has 0 heterocycles. The average molecular weight is 411 g/mol. The summed E-state index contributed by atoms with van der Waals surface area (Å²) in [5.74, 6) is -0.504. The maximum absolute atomic E-state index is 12.7. The lowest BCUT2D eigenvalue weighted by Gasteiger charge is -2.16. The number of hydrogen-bond donors (Lipinski definition) is 2. The smallest absolute Gasteiger partial charge is 0.337 e. The van der Waals surface area contributed by atoms with Crippen molar-refractivity contribution in [3.8, 4) is 17.2 Å². The number of ether oxygens (including phenoxy) is 4. The molecule has 0 saturated heterocycles. The summed E-state index contributed by atoms with van der Waals surface area (Å²) in [6, 6.07) is 8.12. The zero-order valence-electron chi connectivity index (χ0n) is 15.6. The van der Waals surface area contributed by atoms with Crippen molar-refractivity contribution < 1.29 is 37.3 Å². The van der Waals surface area contributed by atoms with E-state index in [1.165, 1.54) is 57.7 Å². The lowest BCUT2D eigenvalue weighted by molar-refractivity contribution is 0.0697. The largest absolute Gasteiger partial charge is 0.497 e. The van der Waals surface area contributed by atoms with Crippen LogP contribution >= 0.6 is 0 Å². The normalized spacial score (nSPS) is 11.0. The van der Waals surface area contributed by atoms with E-state index in [0.29, 0.717) is 5.75 Å². The Morgan fingerprint density at radius 1 is 1.00 bits per heavy atom. The molecule has 0 radical (unpaired) electrons. The maximum atomic E-state index is 12.7. The van der Waals surface area contributed by atoms with Crippen LogP contribution in [0.25, 0.3) is 0 Å². The van der Waals surface area contributed by atoms with Gasteiger partial charge < -0.3 is 24.1 Å². The van der Waals surface area contributed by atoms with Crippen molar-refractivity contribution in [3.05, 3.63) is 42.0 Å². The first-order valence-corrected chi connectivity index (χ1v) is 9.54. The highest BCUT2D eigenvalue weighted by atomic mass is 32.2. The number of aromatic carboxylic acids is 1. The summed E-state index contributed by atoms with van der Waals surface area (Å²) in [4.78, 5) is 11.5. The van der Waals surface area contributed by atoms with Crippen LogP contribution in [-0.4, -0.2) is 54.0 Å². The molecule has 28 heavy (non-hydrogen) atoms. The van der Waals surface area contributed by atoms with Crippen LogP contribution in [0.1, 0.15) is 10.4 Å². The van der Waals surface area contributed by atoms with Crippen LogP contribution in [0.15, 0.2) is 41.3 Å². The molecule has 9 nitrogen and oxygen atoms in total. The second-order valence-corrected chi connectivity index (χ2v) is 7.16. The summed E-state index contributed by atoms with van der Waals surface area (Å²) < 4.78 is 48.2. The van der Waals surface area contributed by atoms with Crippen molar-refractivity contribution in [3.63, 3.8) is 0 Å². The first-order chi connectivity index (χ1) is 13.3. The third kappa shape index (κ3) is 5.05. The molecule has 0 spiro atoms. The molecule has 0 aliphatic rings. The summed E-state index contributed by atoms with van der Waals surface area (Å²) in [6.07, 6.45) is 0. The summed E-state index contributed by atoms with van der Waals surface area (Å²) in [6.45, 7) is 0.459. The van der Waals surface area contributed by atoms with E-state index in [1.807, 2.05) is 0 Å². The number of nitrogens with one attached hydrogen (secondary N) is 1. The molecule has 0 amide bonds. The van der Waals surface area contributed by atoms with E-state index >= 15 is 0 Å². The van der Waals surface area contributed by atoms with E-state index in [-0.39, 0.29) is 40.9 Å². The van der Waals surface area contributed by atoms with Crippen molar-refractivity contribution in [1.29, 1.82) is 0 Å². The maximum Gasteiger partial charge on any atom is 0.337 e. The Morgan fingerprint density at radius 2 is 1.68 bits per heavy atom. The molecule has 0 fully saturated rings. The minimum atomic E-state index is -4.05. The van der Waals surface area contributed by atoms with Crippen LogP contribution in [0, 0.1) is 0 Å². The van der Waals surface area contributed by atoms with Gasteiger partial charge in [0.2, 0.25) is 0 Å². The Kier molecular flexibility index (Phi) is 7.07. The zero-order valence-corrected chi connectivity index (χ0v) is 16.4. The fourth-order valence-corrected chi connectivity index (χ4v) is 3.36. The molecular formula is C18H21NO8S. The van der Waals surface area contributed by atoms with Crippen molar-refractivity contribution in [2.24, 2.45) is 0 Å². The highest BCUT2D eigenvalue weighted by Crippen LogP contribution is 2.35. The lowest BCUT2D eigenvalue weighted by Crippen LogP contribution is -2.16. The SMILES string of the molecule is COCCOc1cc(NS(=O)(=O)c2ccc(OC)cc2)c(C(=O)O)cc1OC. The Hall–Kier alpha value is -2.98. The monoisotopic (exact) mass is 411 g/mol. The summed E-state index contributed by atoms with van der Waals surface area (Å²) in [5, 5.41) is 9.46. The number of carboxylic acids is 1. The molecule has 2 aromatic carbocycles. The van der Waals surface area contributed by atoms with Crippen molar-refractivity contribution in [2.45, 2.75) is 4.90 Å². The van der Waals surface area contributed by atoms with Gasteiger partial charge in [-0.3, -0.25) is 4.72 Å². The number of anilines is 1. The minimum absolute atomic E-state index is 0.0534. The van der Waals surface area contributed by atoms with Gasteiger partial charge in [-0.25, -0.2) is 13.2 Å². The molecule has 0 saturated carbocycles. The Bertz CT molecular complexity index is 925. The Balaban J connectivity index is 2.43. The van der Waals surface area contributed by atoms with E-state index in [0.717, 1.165) is 0 Å². The molecule has 0 aliphatic carbocycles. The second-order valence-electron chi connectivity index (χ2n) is 5.48. The fraction of sp³-hybridized carbons (Fsp3) is 0.278. The Labute approximate surface area is 162 Å². The predicted octanol–water partition coefficient (Wildman–Crippen LogP) is 2.23. The first kappa shape index (κ1) is 21.3. The standard InChI is InChI=1S/C18H21NO8S/c1-24-8-9-27-17-11-15(14(18(20)21)10-16(17)26-3)19-28(22,23)13-6-4-12(25-2)5-7-13/h4-7,10-11,19H,8-9H2,1-3H3,(H,20,21). The molecule has 0 unspecified atom stereocenters. The van der Waals surface area contributed by atoms with E-state index in [2.05, 4.69) is 4.72 Å². The van der Waals surface area contributed by atoms with Gasteiger partial charge in [-0.2, -0.15) is 0 Å². The van der Waals surface area contributed by atoms with Gasteiger partial charge in [-0.1, -0.05) is 0 Å². The van der Waals surface area contributed by atoms with Crippen LogP contribution < -0.4 is 18.9 Å². The van der Waals surface area contributed by atoms with Gasteiger partial charge in [0.1, 0.15) is 12.4 Å². The van der Waals surface area contributed by atoms with Crippen LogP contribution in [0.5, 0.6) is 17.2 Å². The van der Waals surface area contributed by atoms with Crippen molar-refractivity contribution in [2.75, 3.05) is 39.3 Å². The number of methoxy groups -OCH3 is 3. The third-order valence-corrected chi connectivity index (χ3v) is 5.07. The van der Waals surface area contributed by atoms with Gasteiger partial charge in [0.15, 0.2) is 11.5 Å². The fourth-order valence-electron chi connectivity index (χ4n) is 2.29. The second kappa shape index (κ2) is 9.29. The van der Waals surface area contributed by atoms with E-state index in [4.69, 9.17) is 18.9 Å². The number of rotatable bonds is 10. The van der Waals surface area contributed by atoms with Gasteiger partial charge in [-0.05, 0) is 24.3 Å². The highest BCUT2D eigenvalue weighted by molar-refractivity contribution is 7.92. The number of carboxylic acid groups (broad SMARTS) is 1. The van der Waals surface area contributed by atoms with Crippen LogP contribution in [0.4, 0.5) is 5.69 Å². The quantitative estimate of drug-likeness (QED) is 0.571. The van der Waals surface area contributed by atoms with Gasteiger partial charge in [0, 0.05) is 19.2 Å². The van der Waals surface area contributed by atoms with Gasteiger partial charge >= 0.3 is 5.97 Å². The third-order valence-electron chi connectivity index (χ3n) is 3.69. The average Bonchev–Trinajstić information content (AvgIpc) is 2.68. The van der Waals surface area contributed by atoms with Crippen LogP contribution in [-0.2, 0) is 14.8 Å². The Morgan fingerprint density at radius 3 is 2.21 bits per heavy atom. The predicted molar refractivity (Wildman–Crippen MR) is 101 cm³/mol. The molecule has 0 aromatic heterocycles. The van der Waals surface area contributed by atoms with Gasteiger partial charge in [0.25, 0.3) is 10.0 Å². The molecule has 2 N–H and O–H groups in total. The highest BCUT2D eigenvalue weighted by Gasteiger charge is 2.22. The lowest BCUT2D eigenvalue weighted by atomic mass is 10.1. The van der Waals surface area contributed by atoms with E-state index < -0.39 is 16.0 Å². The van der Waals surface area contributed by atoms with E-state index in [9.17, 15) is 18.3 Å². The van der Waals surface area contributed by atoms with Crippen molar-refractivity contribution in [1.82, 2.24) is 0 Å². The molecule has 10 heteroatoms. The molecule has 152 valence electrons. The van der Waals surface area contributed by atoms with Crippen LogP contribution in [0.3, 0.4) is 0 Å². The zero-order chi connectivity index (χ0) is 20.7. The molecule has 2 rings (SSSR count). The summed E-state index contributed by atoms with van der Waals surface area (Å²) in [5.41, 5.74) is -0.440. The number of hydrogen-bond acceptors (Lipinski definition) is 7. The summed E-state index contributed by atoms with van der Waals surface area (Å²) >= 11 is 0. The molecule has 2 aromatic rings. The van der Waals surface area contributed by atoms with Gasteiger partial charge in [0.05, 0.1) is 37.0 Å². The number of sulfonamides is 1. The first-order valence-electron chi connectivity index (χ1n) is 8.06.